The van der Waals surface area contributed by atoms with E-state index >= 15 is 0 Å². The highest BCUT2D eigenvalue weighted by Crippen LogP contribution is 2.34. The molecule has 1 aromatic carbocycles. The Bertz CT molecular complexity index is 1200. The summed E-state index contributed by atoms with van der Waals surface area (Å²) in [6.07, 6.45) is -3.23. The first-order valence-corrected chi connectivity index (χ1v) is 11.7. The Labute approximate surface area is 192 Å². The third kappa shape index (κ3) is 5.09. The van der Waals surface area contributed by atoms with Gasteiger partial charge in [-0.3, -0.25) is 9.00 Å². The van der Waals surface area contributed by atoms with Crippen LogP contribution >= 0.6 is 23.2 Å². The van der Waals surface area contributed by atoms with Crippen LogP contribution in [0.3, 0.4) is 0 Å². The molecule has 1 aliphatic rings. The molecule has 1 unspecified atom stereocenters. The monoisotopic (exact) mass is 505 g/mol. The first-order chi connectivity index (χ1) is 14.9. The number of amides is 1. The van der Waals surface area contributed by atoms with Crippen molar-refractivity contribution in [3.8, 4) is 6.07 Å². The van der Waals surface area contributed by atoms with E-state index in [1.807, 2.05) is 0 Å². The summed E-state index contributed by atoms with van der Waals surface area (Å²) in [5.74, 6) is 2.54. The quantitative estimate of drug-likeness (QED) is 0.625. The van der Waals surface area contributed by atoms with Gasteiger partial charge in [-0.1, -0.05) is 29.3 Å². The third-order valence-electron chi connectivity index (χ3n) is 4.83. The Morgan fingerprint density at radius 3 is 2.78 bits per heavy atom. The van der Waals surface area contributed by atoms with E-state index in [-0.39, 0.29) is 40.3 Å². The predicted octanol–water partition coefficient (Wildman–Crippen LogP) is 3.30. The summed E-state index contributed by atoms with van der Waals surface area (Å²) >= 11 is 12.3. The highest BCUT2D eigenvalue weighted by atomic mass is 35.5. The third-order valence-corrected chi connectivity index (χ3v) is 8.31. The van der Waals surface area contributed by atoms with Crippen molar-refractivity contribution in [1.82, 2.24) is 15.3 Å². The number of nitrogens with zero attached hydrogens (tertiary/aromatic N) is 4. The number of aromatic nitrogens is 2. The van der Waals surface area contributed by atoms with Gasteiger partial charge in [-0.25, -0.2) is 9.97 Å². The Hall–Kier alpha value is -2.55. The summed E-state index contributed by atoms with van der Waals surface area (Å²) < 4.78 is 51.0. The summed E-state index contributed by atoms with van der Waals surface area (Å²) in [6, 6.07) is 6.46. The lowest BCUT2D eigenvalue weighted by atomic mass is 10.2. The van der Waals surface area contributed by atoms with Crippen LogP contribution in [0.5, 0.6) is 0 Å². The molecule has 0 saturated carbocycles. The van der Waals surface area contributed by atoms with Crippen molar-refractivity contribution in [1.29, 1.82) is 5.26 Å². The second-order valence-electron chi connectivity index (χ2n) is 6.98. The van der Waals surface area contributed by atoms with Crippen molar-refractivity contribution in [3.63, 3.8) is 0 Å². The smallest absolute Gasteiger partial charge is 0.355 e. The van der Waals surface area contributed by atoms with Crippen molar-refractivity contribution in [2.45, 2.75) is 22.7 Å². The molecule has 7 nitrogen and oxygen atoms in total. The van der Waals surface area contributed by atoms with Gasteiger partial charge in [0, 0.05) is 28.8 Å². The van der Waals surface area contributed by atoms with E-state index < -0.39 is 33.4 Å². The summed E-state index contributed by atoms with van der Waals surface area (Å²) in [5.41, 5.74) is -0.231. The van der Waals surface area contributed by atoms with Crippen LogP contribution in [0.1, 0.15) is 22.6 Å². The molecule has 1 fully saturated rings. The van der Waals surface area contributed by atoms with Gasteiger partial charge < -0.3 is 10.2 Å². The minimum atomic E-state index is -4.60. The van der Waals surface area contributed by atoms with E-state index in [9.17, 15) is 22.2 Å². The zero-order valence-electron chi connectivity index (χ0n) is 16.3. The molecule has 13 heteroatoms. The molecular formula is C19H16Cl2F3N5O2S. The van der Waals surface area contributed by atoms with E-state index in [1.54, 1.807) is 34.5 Å². The average molecular weight is 506 g/mol. The molecule has 1 aromatic heterocycles. The van der Waals surface area contributed by atoms with Gasteiger partial charge in [-0.05, 0) is 24.4 Å². The number of anilines is 1. The summed E-state index contributed by atoms with van der Waals surface area (Å²) in [5, 5.41) is 10.7. The fraction of sp³-hybridized carbons (Fsp3) is 0.316. The number of rotatable bonds is 5. The van der Waals surface area contributed by atoms with Gasteiger partial charge >= 0.3 is 6.18 Å². The van der Waals surface area contributed by atoms with E-state index in [4.69, 9.17) is 28.5 Å². The molecule has 1 saturated heterocycles. The summed E-state index contributed by atoms with van der Waals surface area (Å²) in [6.45, 7) is -1.14. The largest absolute Gasteiger partial charge is 0.405 e. The van der Waals surface area contributed by atoms with Gasteiger partial charge in [0.25, 0.3) is 5.91 Å². The molecule has 0 spiro atoms. The summed E-state index contributed by atoms with van der Waals surface area (Å²) in [4.78, 5) is 21.9. The SMILES string of the molecule is C=S(=O)(c1cccc(Cl)c1Cl)[C@H]1CCN(c2nc(C#N)ncc2C(=O)NCC(F)(F)F)C1. The summed E-state index contributed by atoms with van der Waals surface area (Å²) in [7, 11) is -2.93. The van der Waals surface area contributed by atoms with Crippen molar-refractivity contribution < 1.29 is 22.2 Å². The number of benzene rings is 1. The molecule has 3 rings (SSSR count). The first-order valence-electron chi connectivity index (χ1n) is 9.11. The number of nitrogens with one attached hydrogen (secondary N) is 1. The molecule has 0 aliphatic carbocycles. The van der Waals surface area contributed by atoms with Crippen LogP contribution < -0.4 is 10.2 Å². The van der Waals surface area contributed by atoms with Gasteiger partial charge in [0.05, 0.1) is 20.2 Å². The molecule has 170 valence electrons. The Balaban J connectivity index is 1.90. The van der Waals surface area contributed by atoms with Crippen LogP contribution in [-0.2, 0) is 9.52 Å². The average Bonchev–Trinajstić information content (AvgIpc) is 3.24. The number of carbonyl (C=O) groups is 1. The van der Waals surface area contributed by atoms with Crippen molar-refractivity contribution in [2.75, 3.05) is 24.5 Å². The zero-order valence-corrected chi connectivity index (χ0v) is 18.7. The van der Waals surface area contributed by atoms with E-state index in [0.717, 1.165) is 6.20 Å². The van der Waals surface area contributed by atoms with Gasteiger partial charge in [0.15, 0.2) is 0 Å². The van der Waals surface area contributed by atoms with Gasteiger partial charge in [0.2, 0.25) is 5.82 Å². The van der Waals surface area contributed by atoms with Crippen molar-refractivity contribution >= 4 is 50.3 Å². The van der Waals surface area contributed by atoms with Gasteiger partial charge in [-0.2, -0.15) is 18.4 Å². The Morgan fingerprint density at radius 1 is 1.41 bits per heavy atom. The minimum Gasteiger partial charge on any atom is -0.355 e. The molecule has 2 atom stereocenters. The zero-order chi connectivity index (χ0) is 23.7. The molecule has 32 heavy (non-hydrogen) atoms. The molecule has 1 N–H and O–H groups in total. The molecule has 0 bridgehead atoms. The first kappa shape index (κ1) is 24.1. The fourth-order valence-electron chi connectivity index (χ4n) is 3.27. The maximum atomic E-state index is 13.5. The maximum Gasteiger partial charge on any atom is 0.405 e. The highest BCUT2D eigenvalue weighted by molar-refractivity contribution is 8.01. The Morgan fingerprint density at radius 2 is 2.12 bits per heavy atom. The van der Waals surface area contributed by atoms with Gasteiger partial charge in [-0.15, -0.1) is 0 Å². The second kappa shape index (κ2) is 9.13. The van der Waals surface area contributed by atoms with E-state index in [1.165, 1.54) is 0 Å². The number of hydrogen-bond acceptors (Lipinski definition) is 6. The van der Waals surface area contributed by atoms with Crippen LogP contribution in [-0.4, -0.2) is 57.0 Å². The van der Waals surface area contributed by atoms with E-state index in [0.29, 0.717) is 11.3 Å². The van der Waals surface area contributed by atoms with Crippen molar-refractivity contribution in [2.24, 2.45) is 0 Å². The number of alkyl halides is 3. The van der Waals surface area contributed by atoms with E-state index in [2.05, 4.69) is 15.8 Å². The number of hydrogen-bond donors (Lipinski definition) is 1. The van der Waals surface area contributed by atoms with Crippen LogP contribution in [0.4, 0.5) is 19.0 Å². The van der Waals surface area contributed by atoms with Crippen LogP contribution in [0, 0.1) is 11.3 Å². The Kier molecular flexibility index (Phi) is 6.88. The molecule has 2 aromatic rings. The predicted molar refractivity (Wildman–Crippen MR) is 116 cm³/mol. The molecule has 1 amide bonds. The molecule has 2 heterocycles. The number of nitriles is 1. The number of halogens is 5. The topological polar surface area (TPSA) is 99.0 Å². The molecule has 1 aliphatic heterocycles. The van der Waals surface area contributed by atoms with Crippen LogP contribution in [0.15, 0.2) is 29.3 Å². The maximum absolute atomic E-state index is 13.5. The standard InChI is InChI=1S/C19H16Cl2F3N5O2S/c1-32(31,14-4-2-3-13(20)16(14)21)11-5-6-29(9-11)17-12(8-26-15(7-25)28-17)18(30)27-10-19(22,23)24/h2-4,8,11H,1,5-6,9-10H2,(H,27,30)/t11-,32?/m0/s1. The van der Waals surface area contributed by atoms with Crippen molar-refractivity contribution in [3.05, 3.63) is 45.8 Å². The molecular weight excluding hydrogens is 490 g/mol. The number of carbonyl (C=O) groups excluding carboxylic acids is 1. The lowest BCUT2D eigenvalue weighted by molar-refractivity contribution is -0.123. The van der Waals surface area contributed by atoms with Crippen LogP contribution in [0.2, 0.25) is 10.0 Å². The lowest BCUT2D eigenvalue weighted by Crippen LogP contribution is -2.35. The van der Waals surface area contributed by atoms with Gasteiger partial charge in [0.1, 0.15) is 24.0 Å². The fourth-order valence-corrected chi connectivity index (χ4v) is 6.00. The highest BCUT2D eigenvalue weighted by Gasteiger charge is 2.35. The lowest BCUT2D eigenvalue weighted by Gasteiger charge is -2.22. The molecule has 0 radical (unpaired) electrons. The minimum absolute atomic E-state index is 0.0221. The van der Waals surface area contributed by atoms with Crippen LogP contribution in [0.25, 0.3) is 0 Å². The normalized spacial score (nSPS) is 18.1. The second-order valence-corrected chi connectivity index (χ2v) is 10.3.